The molecule has 1 atom stereocenters. The minimum Gasteiger partial charge on any atom is -0.378 e. The van der Waals surface area contributed by atoms with Crippen LogP contribution in [-0.2, 0) is 10.3 Å². The number of carbonyl (C=O) groups is 1. The topological polar surface area (TPSA) is 44.4 Å². The molecule has 1 heterocycles. The zero-order valence-electron chi connectivity index (χ0n) is 10.6. The molecule has 2 N–H and O–H groups in total. The lowest BCUT2D eigenvalue weighted by molar-refractivity contribution is -0.128. The van der Waals surface area contributed by atoms with Gasteiger partial charge in [0.05, 0.1) is 0 Å². The zero-order chi connectivity index (χ0) is 12.5. The summed E-state index contributed by atoms with van der Waals surface area (Å²) >= 11 is 0. The van der Waals surface area contributed by atoms with E-state index in [4.69, 9.17) is 0 Å². The maximum Gasteiger partial charge on any atom is 0.244 e. The van der Waals surface area contributed by atoms with E-state index in [0.29, 0.717) is 6.54 Å². The third-order valence-corrected chi connectivity index (χ3v) is 3.30. The highest BCUT2D eigenvalue weighted by atomic mass is 16.2. The molecule has 0 radical (unpaired) electrons. The fraction of sp³-hybridized carbons (Fsp3) is 0.462. The second kappa shape index (κ2) is 4.37. The molecule has 2 rings (SSSR count). The van der Waals surface area contributed by atoms with Crippen LogP contribution in [0.1, 0.15) is 12.5 Å². The lowest BCUT2D eigenvalue weighted by atomic mass is 9.89. The molecule has 4 nitrogen and oxygen atoms in total. The van der Waals surface area contributed by atoms with E-state index in [-0.39, 0.29) is 5.91 Å². The van der Waals surface area contributed by atoms with E-state index < -0.39 is 5.54 Å². The Kier molecular flexibility index (Phi) is 3.07. The molecule has 17 heavy (non-hydrogen) atoms. The molecule has 1 amide bonds. The molecule has 0 saturated carbocycles. The fourth-order valence-electron chi connectivity index (χ4n) is 2.07. The van der Waals surface area contributed by atoms with Crippen LogP contribution in [0.4, 0.5) is 5.69 Å². The van der Waals surface area contributed by atoms with Gasteiger partial charge in [0.1, 0.15) is 5.54 Å². The number of nitrogens with one attached hydrogen (secondary N) is 2. The SMILES string of the molecule is CN(C)c1ccc(C2(C)NCCNC2=O)cc1. The third-order valence-electron chi connectivity index (χ3n) is 3.30. The Morgan fingerprint density at radius 2 is 1.82 bits per heavy atom. The second-order valence-electron chi connectivity index (χ2n) is 4.75. The minimum atomic E-state index is -0.608. The van der Waals surface area contributed by atoms with Gasteiger partial charge in [-0.2, -0.15) is 0 Å². The summed E-state index contributed by atoms with van der Waals surface area (Å²) in [7, 11) is 4.00. The Labute approximate surface area is 102 Å². The number of benzene rings is 1. The third kappa shape index (κ3) is 2.13. The van der Waals surface area contributed by atoms with Crippen LogP contribution in [0.15, 0.2) is 24.3 Å². The number of rotatable bonds is 2. The molecule has 0 aromatic heterocycles. The molecule has 92 valence electrons. The Morgan fingerprint density at radius 1 is 1.18 bits per heavy atom. The Hall–Kier alpha value is -1.55. The highest BCUT2D eigenvalue weighted by Crippen LogP contribution is 2.24. The zero-order valence-corrected chi connectivity index (χ0v) is 10.6. The van der Waals surface area contributed by atoms with E-state index in [1.54, 1.807) is 0 Å². The second-order valence-corrected chi connectivity index (χ2v) is 4.75. The maximum absolute atomic E-state index is 12.0. The first-order valence-electron chi connectivity index (χ1n) is 5.85. The Bertz CT molecular complexity index is 413. The van der Waals surface area contributed by atoms with Gasteiger partial charge in [0.25, 0.3) is 0 Å². The Balaban J connectivity index is 2.29. The molecule has 1 aliphatic rings. The summed E-state index contributed by atoms with van der Waals surface area (Å²) in [5.41, 5.74) is 1.53. The average Bonchev–Trinajstić information content (AvgIpc) is 2.33. The first-order chi connectivity index (χ1) is 8.04. The molecule has 0 bridgehead atoms. The van der Waals surface area contributed by atoms with Crippen molar-refractivity contribution in [3.63, 3.8) is 0 Å². The van der Waals surface area contributed by atoms with Crippen molar-refractivity contribution in [1.29, 1.82) is 0 Å². The Morgan fingerprint density at radius 3 is 2.35 bits per heavy atom. The molecule has 1 saturated heterocycles. The van der Waals surface area contributed by atoms with Gasteiger partial charge in [-0.1, -0.05) is 12.1 Å². The quantitative estimate of drug-likeness (QED) is 0.790. The molecular weight excluding hydrogens is 214 g/mol. The van der Waals surface area contributed by atoms with Crippen LogP contribution in [-0.4, -0.2) is 33.1 Å². The van der Waals surface area contributed by atoms with Crippen molar-refractivity contribution in [2.75, 3.05) is 32.1 Å². The van der Waals surface area contributed by atoms with Crippen LogP contribution < -0.4 is 15.5 Å². The van der Waals surface area contributed by atoms with Crippen LogP contribution in [0, 0.1) is 0 Å². The first kappa shape index (κ1) is 11.9. The van der Waals surface area contributed by atoms with E-state index >= 15 is 0 Å². The van der Waals surface area contributed by atoms with Gasteiger partial charge in [-0.25, -0.2) is 0 Å². The van der Waals surface area contributed by atoms with E-state index in [9.17, 15) is 4.79 Å². The van der Waals surface area contributed by atoms with Crippen molar-refractivity contribution in [2.24, 2.45) is 0 Å². The predicted octanol–water partition coefficient (Wildman–Crippen LogP) is 0.687. The molecular formula is C13H19N3O. The van der Waals surface area contributed by atoms with E-state index in [0.717, 1.165) is 17.8 Å². The summed E-state index contributed by atoms with van der Waals surface area (Å²) in [4.78, 5) is 14.0. The van der Waals surface area contributed by atoms with Crippen LogP contribution >= 0.6 is 0 Å². The van der Waals surface area contributed by atoms with Crippen molar-refractivity contribution >= 4 is 11.6 Å². The highest BCUT2D eigenvalue weighted by molar-refractivity contribution is 5.88. The predicted molar refractivity (Wildman–Crippen MR) is 69.1 cm³/mol. The van der Waals surface area contributed by atoms with Gasteiger partial charge in [-0.05, 0) is 24.6 Å². The number of hydrogen-bond donors (Lipinski definition) is 2. The number of nitrogens with zero attached hydrogens (tertiary/aromatic N) is 1. The van der Waals surface area contributed by atoms with Crippen LogP contribution in [0.2, 0.25) is 0 Å². The number of hydrogen-bond acceptors (Lipinski definition) is 3. The number of piperazine rings is 1. The number of anilines is 1. The summed E-state index contributed by atoms with van der Waals surface area (Å²) in [6.07, 6.45) is 0. The smallest absolute Gasteiger partial charge is 0.244 e. The molecule has 1 unspecified atom stereocenters. The molecule has 1 aliphatic heterocycles. The molecule has 0 aliphatic carbocycles. The fourth-order valence-corrected chi connectivity index (χ4v) is 2.07. The van der Waals surface area contributed by atoms with Gasteiger partial charge >= 0.3 is 0 Å². The molecule has 1 aromatic rings. The van der Waals surface area contributed by atoms with Gasteiger partial charge in [0, 0.05) is 32.9 Å². The lowest BCUT2D eigenvalue weighted by Gasteiger charge is -2.34. The summed E-state index contributed by atoms with van der Waals surface area (Å²) in [6, 6.07) is 8.08. The molecule has 0 spiro atoms. The van der Waals surface area contributed by atoms with Crippen molar-refractivity contribution < 1.29 is 4.79 Å². The van der Waals surface area contributed by atoms with Crippen LogP contribution in [0.5, 0.6) is 0 Å². The van der Waals surface area contributed by atoms with Gasteiger partial charge in [0.2, 0.25) is 5.91 Å². The van der Waals surface area contributed by atoms with Crippen LogP contribution in [0.3, 0.4) is 0 Å². The standard InChI is InChI=1S/C13H19N3O/c1-13(12(17)14-8-9-15-13)10-4-6-11(7-5-10)16(2)3/h4-7,15H,8-9H2,1-3H3,(H,14,17). The largest absolute Gasteiger partial charge is 0.378 e. The monoisotopic (exact) mass is 233 g/mol. The van der Waals surface area contributed by atoms with E-state index in [1.165, 1.54) is 0 Å². The van der Waals surface area contributed by atoms with E-state index in [2.05, 4.69) is 10.6 Å². The summed E-state index contributed by atoms with van der Waals surface area (Å²) in [5.74, 6) is 0.0429. The van der Waals surface area contributed by atoms with Crippen molar-refractivity contribution in [3.8, 4) is 0 Å². The maximum atomic E-state index is 12.0. The van der Waals surface area contributed by atoms with E-state index in [1.807, 2.05) is 50.2 Å². The highest BCUT2D eigenvalue weighted by Gasteiger charge is 2.36. The number of carbonyl (C=O) groups excluding carboxylic acids is 1. The molecule has 4 heteroatoms. The summed E-state index contributed by atoms with van der Waals surface area (Å²) < 4.78 is 0. The summed E-state index contributed by atoms with van der Waals surface area (Å²) in [6.45, 7) is 3.42. The van der Waals surface area contributed by atoms with Crippen molar-refractivity contribution in [3.05, 3.63) is 29.8 Å². The minimum absolute atomic E-state index is 0.0429. The molecule has 1 aromatic carbocycles. The average molecular weight is 233 g/mol. The van der Waals surface area contributed by atoms with Gasteiger partial charge in [-0.3, -0.25) is 10.1 Å². The van der Waals surface area contributed by atoms with Crippen LogP contribution in [0.25, 0.3) is 0 Å². The normalized spacial score (nSPS) is 24.3. The number of amides is 1. The van der Waals surface area contributed by atoms with Gasteiger partial charge < -0.3 is 10.2 Å². The lowest BCUT2D eigenvalue weighted by Crippen LogP contribution is -2.59. The first-order valence-corrected chi connectivity index (χ1v) is 5.85. The van der Waals surface area contributed by atoms with Crippen molar-refractivity contribution in [2.45, 2.75) is 12.5 Å². The summed E-state index contributed by atoms with van der Waals surface area (Å²) in [5, 5.41) is 6.18. The molecule has 1 fully saturated rings. The van der Waals surface area contributed by atoms with Gasteiger partial charge in [0.15, 0.2) is 0 Å². The van der Waals surface area contributed by atoms with Crippen molar-refractivity contribution in [1.82, 2.24) is 10.6 Å². The van der Waals surface area contributed by atoms with Gasteiger partial charge in [-0.15, -0.1) is 0 Å².